The molecule has 0 aromatic heterocycles. The van der Waals surface area contributed by atoms with Crippen LogP contribution in [0, 0.1) is 0 Å². The number of piperidine rings is 1. The van der Waals surface area contributed by atoms with Gasteiger partial charge in [-0.2, -0.15) is 12.7 Å². The molecule has 0 saturated carbocycles. The van der Waals surface area contributed by atoms with Crippen molar-refractivity contribution in [1.29, 1.82) is 0 Å². The lowest BCUT2D eigenvalue weighted by Gasteiger charge is -2.30. The molecule has 1 aliphatic heterocycles. The predicted octanol–water partition coefficient (Wildman–Crippen LogP) is -0.847. The third kappa shape index (κ3) is 5.01. The molecule has 0 unspecified atom stereocenters. The minimum Gasteiger partial charge on any atom is -0.480 e. The van der Waals surface area contributed by atoms with Gasteiger partial charge in [0.25, 0.3) is 0 Å². The topological polar surface area (TPSA) is 122 Å². The van der Waals surface area contributed by atoms with E-state index in [1.54, 1.807) is 4.72 Å². The summed E-state index contributed by atoms with van der Waals surface area (Å²) in [6, 6.07) is 0. The Balaban J connectivity index is 2.44. The van der Waals surface area contributed by atoms with Crippen molar-refractivity contribution in [2.75, 3.05) is 26.8 Å². The first-order valence-electron chi connectivity index (χ1n) is 5.54. The van der Waals surface area contributed by atoms with Crippen LogP contribution in [0.1, 0.15) is 12.8 Å². The Hall–Kier alpha value is -1.39. The Bertz CT molecular complexity index is 428. The number of amides is 1. The first-order chi connectivity index (χ1) is 8.85. The summed E-state index contributed by atoms with van der Waals surface area (Å²) < 4.78 is 35.5. The summed E-state index contributed by atoms with van der Waals surface area (Å²) in [7, 11) is -2.85. The van der Waals surface area contributed by atoms with Crippen LogP contribution in [0.4, 0.5) is 4.79 Å². The van der Waals surface area contributed by atoms with Crippen LogP contribution in [0.2, 0.25) is 0 Å². The summed E-state index contributed by atoms with van der Waals surface area (Å²) in [4.78, 5) is 21.2. The Morgan fingerprint density at radius 3 is 2.42 bits per heavy atom. The molecule has 0 aliphatic carbocycles. The molecule has 0 aromatic carbocycles. The molecule has 0 bridgehead atoms. The Morgan fingerprint density at radius 1 is 1.37 bits per heavy atom. The molecule has 9 nitrogen and oxygen atoms in total. The molecule has 19 heavy (non-hydrogen) atoms. The van der Waals surface area contributed by atoms with E-state index >= 15 is 0 Å². The number of hydrogen-bond donors (Lipinski definition) is 2. The van der Waals surface area contributed by atoms with E-state index in [1.807, 2.05) is 0 Å². The number of carbonyl (C=O) groups excluding carboxylic acids is 1. The highest BCUT2D eigenvalue weighted by atomic mass is 32.2. The maximum Gasteiger partial charge on any atom is 0.421 e. The average Bonchev–Trinajstić information content (AvgIpc) is 2.36. The van der Waals surface area contributed by atoms with Gasteiger partial charge in [-0.3, -0.25) is 0 Å². The van der Waals surface area contributed by atoms with Crippen molar-refractivity contribution in [3.63, 3.8) is 0 Å². The summed E-state index contributed by atoms with van der Waals surface area (Å²) >= 11 is 0. The molecule has 110 valence electrons. The van der Waals surface area contributed by atoms with Crippen molar-refractivity contribution in [3.05, 3.63) is 0 Å². The van der Waals surface area contributed by atoms with E-state index in [2.05, 4.69) is 4.74 Å². The number of nitrogens with one attached hydrogen (secondary N) is 1. The van der Waals surface area contributed by atoms with Gasteiger partial charge >= 0.3 is 22.3 Å². The lowest BCUT2D eigenvalue weighted by molar-refractivity contribution is -0.145. The molecular weight excluding hydrogens is 280 g/mol. The third-order valence-electron chi connectivity index (χ3n) is 2.58. The second-order valence-corrected chi connectivity index (χ2v) is 5.57. The number of aliphatic carboxylic acids is 1. The molecule has 1 saturated heterocycles. The number of rotatable bonds is 5. The van der Waals surface area contributed by atoms with Crippen LogP contribution in [0.15, 0.2) is 0 Å². The number of carbonyl (C=O) groups is 2. The van der Waals surface area contributed by atoms with E-state index in [-0.39, 0.29) is 19.2 Å². The summed E-state index contributed by atoms with van der Waals surface area (Å²) in [6.45, 7) is -0.106. The smallest absolute Gasteiger partial charge is 0.421 e. The van der Waals surface area contributed by atoms with Gasteiger partial charge in [-0.15, -0.1) is 0 Å². The SMILES string of the molecule is COC(=O)NS(=O)(=O)N1CCC(OCC(=O)O)CC1. The van der Waals surface area contributed by atoms with E-state index in [4.69, 9.17) is 9.84 Å². The van der Waals surface area contributed by atoms with Gasteiger partial charge in [0.15, 0.2) is 0 Å². The third-order valence-corrected chi connectivity index (χ3v) is 4.05. The quantitative estimate of drug-likeness (QED) is 0.677. The average molecular weight is 296 g/mol. The fourth-order valence-electron chi connectivity index (χ4n) is 1.64. The van der Waals surface area contributed by atoms with Gasteiger partial charge in [0.1, 0.15) is 6.61 Å². The van der Waals surface area contributed by atoms with Crippen LogP contribution in [-0.4, -0.2) is 62.8 Å². The summed E-state index contributed by atoms with van der Waals surface area (Å²) in [5, 5.41) is 8.46. The van der Waals surface area contributed by atoms with E-state index in [0.29, 0.717) is 12.8 Å². The summed E-state index contributed by atoms with van der Waals surface area (Å²) in [6.07, 6.45) is -0.602. The van der Waals surface area contributed by atoms with Gasteiger partial charge in [0.05, 0.1) is 13.2 Å². The molecule has 0 atom stereocenters. The van der Waals surface area contributed by atoms with Crippen molar-refractivity contribution in [2.45, 2.75) is 18.9 Å². The number of carboxylic acid groups (broad SMARTS) is 1. The van der Waals surface area contributed by atoms with Gasteiger partial charge < -0.3 is 14.6 Å². The summed E-state index contributed by atoms with van der Waals surface area (Å²) in [5.74, 6) is -1.07. The zero-order chi connectivity index (χ0) is 14.5. The van der Waals surface area contributed by atoms with E-state index in [0.717, 1.165) is 11.4 Å². The molecule has 1 rings (SSSR count). The van der Waals surface area contributed by atoms with Crippen molar-refractivity contribution >= 4 is 22.3 Å². The number of ether oxygens (including phenoxy) is 2. The Kier molecular flexibility index (Phi) is 5.51. The van der Waals surface area contributed by atoms with Crippen molar-refractivity contribution < 1.29 is 32.6 Å². The Labute approximate surface area is 110 Å². The molecular formula is C9H16N2O7S. The largest absolute Gasteiger partial charge is 0.480 e. The molecule has 2 N–H and O–H groups in total. The van der Waals surface area contributed by atoms with Crippen LogP contribution in [0.25, 0.3) is 0 Å². The number of nitrogens with zero attached hydrogens (tertiary/aromatic N) is 1. The maximum absolute atomic E-state index is 11.7. The van der Waals surface area contributed by atoms with Crippen LogP contribution in [0.3, 0.4) is 0 Å². The van der Waals surface area contributed by atoms with Crippen molar-refractivity contribution in [3.8, 4) is 0 Å². The minimum atomic E-state index is -3.91. The lowest BCUT2D eigenvalue weighted by Crippen LogP contribution is -2.48. The van der Waals surface area contributed by atoms with Gasteiger partial charge in [-0.25, -0.2) is 14.3 Å². The summed E-state index contributed by atoms with van der Waals surface area (Å²) in [5.41, 5.74) is 0. The molecule has 1 aliphatic rings. The molecule has 1 fully saturated rings. The second kappa shape index (κ2) is 6.68. The lowest BCUT2D eigenvalue weighted by atomic mass is 10.1. The Morgan fingerprint density at radius 2 is 1.95 bits per heavy atom. The highest BCUT2D eigenvalue weighted by Gasteiger charge is 2.30. The number of methoxy groups -OCH3 is 1. The monoisotopic (exact) mass is 296 g/mol. The first-order valence-corrected chi connectivity index (χ1v) is 6.98. The van der Waals surface area contributed by atoms with Gasteiger partial charge in [-0.05, 0) is 12.8 Å². The van der Waals surface area contributed by atoms with Crippen LogP contribution in [0.5, 0.6) is 0 Å². The van der Waals surface area contributed by atoms with E-state index < -0.39 is 28.9 Å². The van der Waals surface area contributed by atoms with E-state index in [1.165, 1.54) is 0 Å². The second-order valence-electron chi connectivity index (χ2n) is 3.90. The van der Waals surface area contributed by atoms with Crippen molar-refractivity contribution in [2.24, 2.45) is 0 Å². The zero-order valence-corrected chi connectivity index (χ0v) is 11.2. The fraction of sp³-hybridized carbons (Fsp3) is 0.778. The number of hydrogen-bond acceptors (Lipinski definition) is 6. The minimum absolute atomic E-state index is 0.149. The zero-order valence-electron chi connectivity index (χ0n) is 10.4. The number of carboxylic acids is 1. The van der Waals surface area contributed by atoms with E-state index in [9.17, 15) is 18.0 Å². The van der Waals surface area contributed by atoms with Gasteiger partial charge in [-0.1, -0.05) is 0 Å². The molecule has 1 amide bonds. The normalized spacial score (nSPS) is 17.9. The molecule has 0 radical (unpaired) electrons. The highest BCUT2D eigenvalue weighted by Crippen LogP contribution is 2.15. The van der Waals surface area contributed by atoms with Gasteiger partial charge in [0, 0.05) is 13.1 Å². The highest BCUT2D eigenvalue weighted by molar-refractivity contribution is 7.87. The standard InChI is InChI=1S/C9H16N2O7S/c1-17-9(14)10-19(15,16)11-4-2-7(3-5-11)18-6-8(12)13/h7H,2-6H2,1H3,(H,10,14)(H,12,13). The predicted molar refractivity (Wildman–Crippen MR) is 62.6 cm³/mol. The van der Waals surface area contributed by atoms with Gasteiger partial charge in [0.2, 0.25) is 0 Å². The van der Waals surface area contributed by atoms with Crippen molar-refractivity contribution in [1.82, 2.24) is 9.03 Å². The molecule has 0 spiro atoms. The molecule has 0 aromatic rings. The van der Waals surface area contributed by atoms with Crippen LogP contribution >= 0.6 is 0 Å². The molecule has 1 heterocycles. The fourth-order valence-corrected chi connectivity index (χ4v) is 2.75. The van der Waals surface area contributed by atoms with Crippen LogP contribution in [-0.2, 0) is 24.5 Å². The van der Waals surface area contributed by atoms with Crippen LogP contribution < -0.4 is 4.72 Å². The first kappa shape index (κ1) is 15.7. The maximum atomic E-state index is 11.7. The molecule has 10 heteroatoms.